The summed E-state index contributed by atoms with van der Waals surface area (Å²) in [5.74, 6) is 0. The highest BCUT2D eigenvalue weighted by atomic mass is 79.9. The molecule has 148 valence electrons. The van der Waals surface area contributed by atoms with Crippen LogP contribution in [0.3, 0.4) is 0 Å². The summed E-state index contributed by atoms with van der Waals surface area (Å²) in [6.07, 6.45) is 19.8. The van der Waals surface area contributed by atoms with Gasteiger partial charge in [-0.25, -0.2) is 0 Å². The van der Waals surface area contributed by atoms with E-state index in [4.69, 9.17) is 0 Å². The van der Waals surface area contributed by atoms with Crippen LogP contribution >= 0.6 is 15.9 Å². The Labute approximate surface area is 168 Å². The summed E-state index contributed by atoms with van der Waals surface area (Å²) in [5, 5.41) is 1.17. The van der Waals surface area contributed by atoms with Crippen molar-refractivity contribution in [3.63, 3.8) is 0 Å². The van der Waals surface area contributed by atoms with Crippen molar-refractivity contribution in [2.75, 3.05) is 32.0 Å². The predicted molar refractivity (Wildman–Crippen MR) is 111 cm³/mol. The minimum atomic E-state index is 0. The van der Waals surface area contributed by atoms with E-state index in [9.17, 15) is 0 Å². The monoisotopic (exact) mass is 425 g/mol. The molecular formula is C21H45BrClN. The van der Waals surface area contributed by atoms with Crippen LogP contribution in [0.25, 0.3) is 0 Å². The van der Waals surface area contributed by atoms with Gasteiger partial charge in [0, 0.05) is 5.33 Å². The van der Waals surface area contributed by atoms with Crippen molar-refractivity contribution in [2.45, 2.75) is 104 Å². The van der Waals surface area contributed by atoms with Gasteiger partial charge in [0.2, 0.25) is 0 Å². The second kappa shape index (κ2) is 20.0. The lowest BCUT2D eigenvalue weighted by Crippen LogP contribution is -3.00. The summed E-state index contributed by atoms with van der Waals surface area (Å²) in [6, 6.07) is 0. The van der Waals surface area contributed by atoms with Gasteiger partial charge >= 0.3 is 0 Å². The summed E-state index contributed by atoms with van der Waals surface area (Å²) in [7, 11) is 2.52. The summed E-state index contributed by atoms with van der Waals surface area (Å²) in [6.45, 7) is 8.80. The molecule has 3 heteroatoms. The van der Waals surface area contributed by atoms with E-state index in [0.717, 1.165) is 0 Å². The molecule has 0 aliphatic heterocycles. The number of alkyl halides is 1. The molecule has 0 bridgehead atoms. The van der Waals surface area contributed by atoms with Gasteiger partial charge in [-0.15, -0.1) is 0 Å². The minimum absolute atomic E-state index is 0. The van der Waals surface area contributed by atoms with Crippen LogP contribution in [0.4, 0.5) is 0 Å². The molecular weight excluding hydrogens is 382 g/mol. The molecule has 0 saturated heterocycles. The third-order valence-corrected chi connectivity index (χ3v) is 5.75. The molecule has 0 aromatic heterocycles. The van der Waals surface area contributed by atoms with Gasteiger partial charge in [0.1, 0.15) is 0 Å². The average molecular weight is 427 g/mol. The molecule has 0 aromatic carbocycles. The maximum absolute atomic E-state index is 3.59. The van der Waals surface area contributed by atoms with Gasteiger partial charge in [-0.1, -0.05) is 81.1 Å². The number of rotatable bonds is 18. The highest BCUT2D eigenvalue weighted by Gasteiger charge is 2.19. The van der Waals surface area contributed by atoms with E-state index in [1.165, 1.54) is 119 Å². The normalized spacial score (nSPS) is 11.5. The summed E-state index contributed by atoms with van der Waals surface area (Å²) >= 11 is 3.59. The Morgan fingerprint density at radius 3 is 1.25 bits per heavy atom. The lowest BCUT2D eigenvalue weighted by Gasteiger charge is -2.35. The lowest BCUT2D eigenvalue weighted by atomic mass is 10.1. The molecule has 0 heterocycles. The van der Waals surface area contributed by atoms with E-state index in [-0.39, 0.29) is 12.4 Å². The molecule has 0 saturated carbocycles. The van der Waals surface area contributed by atoms with E-state index < -0.39 is 0 Å². The number of quaternary nitrogens is 1. The Balaban J connectivity index is 0. The Hall–Kier alpha value is 0.730. The first-order valence-electron chi connectivity index (χ1n) is 10.6. The fourth-order valence-electron chi connectivity index (χ4n) is 3.47. The molecule has 0 amide bonds. The van der Waals surface area contributed by atoms with Crippen LogP contribution in [0, 0.1) is 0 Å². The molecule has 0 rings (SSSR count). The third-order valence-electron chi connectivity index (χ3n) is 5.18. The Kier molecular flexibility index (Phi) is 22.5. The third kappa shape index (κ3) is 17.5. The van der Waals surface area contributed by atoms with E-state index in [1.54, 1.807) is 0 Å². The highest BCUT2D eigenvalue weighted by Crippen LogP contribution is 2.15. The van der Waals surface area contributed by atoms with Gasteiger partial charge in [0.25, 0.3) is 0 Å². The number of unbranched alkanes of at least 4 members (excludes halogenated alkanes) is 11. The summed E-state index contributed by atoms with van der Waals surface area (Å²) in [5.41, 5.74) is 0. The van der Waals surface area contributed by atoms with Gasteiger partial charge in [0.05, 0.1) is 26.7 Å². The van der Waals surface area contributed by atoms with Gasteiger partial charge in [-0.3, -0.25) is 0 Å². The van der Waals surface area contributed by atoms with Crippen molar-refractivity contribution in [3.8, 4) is 0 Å². The molecule has 0 spiro atoms. The van der Waals surface area contributed by atoms with E-state index in [0.29, 0.717) is 0 Å². The van der Waals surface area contributed by atoms with Crippen LogP contribution < -0.4 is 12.4 Å². The van der Waals surface area contributed by atoms with Crippen LogP contribution in [0.2, 0.25) is 0 Å². The lowest BCUT2D eigenvalue weighted by molar-refractivity contribution is -0.910. The largest absolute Gasteiger partial charge is 1.00 e. The first-order chi connectivity index (χ1) is 11.2. The van der Waals surface area contributed by atoms with Crippen LogP contribution in [-0.2, 0) is 0 Å². The Bertz CT molecular complexity index is 220. The quantitative estimate of drug-likeness (QED) is 0.174. The SMILES string of the molecule is CCCCCCCC[N+](C)(CCCCBr)CCCCCCCC.[Cl-]. The highest BCUT2D eigenvalue weighted by molar-refractivity contribution is 9.09. The Morgan fingerprint density at radius 1 is 0.542 bits per heavy atom. The van der Waals surface area contributed by atoms with Crippen LogP contribution in [0.5, 0.6) is 0 Å². The first kappa shape index (κ1) is 27.0. The second-order valence-electron chi connectivity index (χ2n) is 7.72. The van der Waals surface area contributed by atoms with Gasteiger partial charge in [-0.2, -0.15) is 0 Å². The average Bonchev–Trinajstić information content (AvgIpc) is 2.54. The predicted octanol–water partition coefficient (Wildman–Crippen LogP) is 4.33. The summed E-state index contributed by atoms with van der Waals surface area (Å²) < 4.78 is 1.33. The molecule has 0 aliphatic carbocycles. The van der Waals surface area contributed by atoms with E-state index in [2.05, 4.69) is 36.8 Å². The summed E-state index contributed by atoms with van der Waals surface area (Å²) in [4.78, 5) is 0. The zero-order chi connectivity index (χ0) is 17.2. The fourth-order valence-corrected chi connectivity index (χ4v) is 3.87. The molecule has 1 nitrogen and oxygen atoms in total. The van der Waals surface area contributed by atoms with E-state index >= 15 is 0 Å². The zero-order valence-corrected chi connectivity index (χ0v) is 19.3. The maximum atomic E-state index is 3.59. The first-order valence-corrected chi connectivity index (χ1v) is 11.7. The smallest absolute Gasteiger partial charge is 0.0784 e. The van der Waals surface area contributed by atoms with Crippen molar-refractivity contribution in [2.24, 2.45) is 0 Å². The number of hydrogen-bond acceptors (Lipinski definition) is 0. The molecule has 0 N–H and O–H groups in total. The number of hydrogen-bond donors (Lipinski definition) is 0. The van der Waals surface area contributed by atoms with Crippen molar-refractivity contribution in [1.82, 2.24) is 0 Å². The molecule has 0 unspecified atom stereocenters. The standard InChI is InChI=1S/C21H45BrN.ClH/c1-4-6-8-10-12-15-19-23(3,21-17-14-18-22)20-16-13-11-9-7-5-2;/h4-21H2,1-3H3;1H/q+1;/p-1. The zero-order valence-electron chi connectivity index (χ0n) is 16.9. The Morgan fingerprint density at radius 2 is 0.875 bits per heavy atom. The topological polar surface area (TPSA) is 0 Å². The van der Waals surface area contributed by atoms with E-state index in [1.807, 2.05) is 0 Å². The van der Waals surface area contributed by atoms with Crippen LogP contribution in [0.1, 0.15) is 104 Å². The maximum Gasteiger partial charge on any atom is 0.0784 e. The van der Waals surface area contributed by atoms with Gasteiger partial charge in [0.15, 0.2) is 0 Å². The molecule has 0 radical (unpaired) electrons. The van der Waals surface area contributed by atoms with Crippen molar-refractivity contribution >= 4 is 15.9 Å². The molecule has 24 heavy (non-hydrogen) atoms. The van der Waals surface area contributed by atoms with Crippen molar-refractivity contribution in [3.05, 3.63) is 0 Å². The van der Waals surface area contributed by atoms with Crippen molar-refractivity contribution in [1.29, 1.82) is 0 Å². The minimum Gasteiger partial charge on any atom is -1.00 e. The van der Waals surface area contributed by atoms with Gasteiger partial charge in [-0.05, 0) is 38.5 Å². The second-order valence-corrected chi connectivity index (χ2v) is 8.51. The van der Waals surface area contributed by atoms with Crippen molar-refractivity contribution < 1.29 is 16.9 Å². The number of halogens is 2. The fraction of sp³-hybridized carbons (Fsp3) is 1.00. The molecule has 0 atom stereocenters. The van der Waals surface area contributed by atoms with Crippen LogP contribution in [-0.4, -0.2) is 36.5 Å². The van der Waals surface area contributed by atoms with Crippen LogP contribution in [0.15, 0.2) is 0 Å². The molecule has 0 fully saturated rings. The molecule has 0 aromatic rings. The van der Waals surface area contributed by atoms with Gasteiger partial charge < -0.3 is 16.9 Å². The molecule has 0 aliphatic rings. The number of nitrogens with zero attached hydrogens (tertiary/aromatic N) is 1.